The second kappa shape index (κ2) is 17.9. The zero-order chi connectivity index (χ0) is 0. The van der Waals surface area contributed by atoms with Crippen molar-refractivity contribution < 1.29 is 54.6 Å². The molecule has 2 radical (unpaired) electrons. The SMILES string of the molecule is [Fe].[Mg].[Mo].[Ni]. The van der Waals surface area contributed by atoms with Crippen molar-refractivity contribution in [3.8, 4) is 0 Å². The molecule has 0 atom stereocenters. The van der Waals surface area contributed by atoms with Crippen LogP contribution in [0.5, 0.6) is 0 Å². The van der Waals surface area contributed by atoms with Gasteiger partial charge in [-0.1, -0.05) is 0 Å². The van der Waals surface area contributed by atoms with E-state index in [1.165, 1.54) is 0 Å². The van der Waals surface area contributed by atoms with E-state index in [-0.39, 0.29) is 77.7 Å². The van der Waals surface area contributed by atoms with Crippen LogP contribution >= 0.6 is 0 Å². The smallest absolute Gasteiger partial charge is 0 e. The van der Waals surface area contributed by atoms with E-state index < -0.39 is 0 Å². The van der Waals surface area contributed by atoms with Gasteiger partial charge in [-0.15, -0.1) is 0 Å². The van der Waals surface area contributed by atoms with Gasteiger partial charge >= 0.3 is 0 Å². The van der Waals surface area contributed by atoms with Crippen LogP contribution in [-0.2, 0) is 54.6 Å². The molecule has 0 saturated carbocycles. The summed E-state index contributed by atoms with van der Waals surface area (Å²) in [6, 6.07) is 0. The van der Waals surface area contributed by atoms with Crippen LogP contribution in [0.25, 0.3) is 0 Å². The predicted octanol–water partition coefficient (Wildman–Crippen LogP) is -0.388. The van der Waals surface area contributed by atoms with E-state index in [0.29, 0.717) is 0 Å². The Bertz CT molecular complexity index is 8.00. The molecular weight excluding hydrogens is 235 g/mol. The van der Waals surface area contributed by atoms with Crippen molar-refractivity contribution in [2.45, 2.75) is 0 Å². The van der Waals surface area contributed by atoms with Crippen LogP contribution in [0.2, 0.25) is 0 Å². The second-order valence-corrected chi connectivity index (χ2v) is 0. The van der Waals surface area contributed by atoms with E-state index in [1.807, 2.05) is 0 Å². The van der Waals surface area contributed by atoms with Crippen LogP contribution in [0.15, 0.2) is 0 Å². The van der Waals surface area contributed by atoms with Gasteiger partial charge < -0.3 is 0 Å². The summed E-state index contributed by atoms with van der Waals surface area (Å²) in [7, 11) is 0. The Hall–Kier alpha value is 2.47. The average Bonchev–Trinajstić information content (AvgIpc) is 0. The van der Waals surface area contributed by atoms with Gasteiger partial charge in [-0.25, -0.2) is 0 Å². The second-order valence-electron chi connectivity index (χ2n) is 0. The normalized spacial score (nSPS) is 0. The molecule has 0 aromatic carbocycles. The molecule has 0 aliphatic heterocycles. The summed E-state index contributed by atoms with van der Waals surface area (Å²) in [4.78, 5) is 0. The van der Waals surface area contributed by atoms with Crippen molar-refractivity contribution in [1.82, 2.24) is 0 Å². The van der Waals surface area contributed by atoms with Crippen LogP contribution in [0.4, 0.5) is 0 Å². The van der Waals surface area contributed by atoms with Crippen LogP contribution in [-0.4, -0.2) is 23.1 Å². The summed E-state index contributed by atoms with van der Waals surface area (Å²) < 4.78 is 0. The summed E-state index contributed by atoms with van der Waals surface area (Å²) in [5.74, 6) is 0. The van der Waals surface area contributed by atoms with E-state index >= 15 is 0 Å². The summed E-state index contributed by atoms with van der Waals surface area (Å²) in [5, 5.41) is 0. The fourth-order valence-corrected chi connectivity index (χ4v) is 0. The molecule has 0 bridgehead atoms. The third-order valence-corrected chi connectivity index (χ3v) is 0. The fraction of sp³-hybridized carbons (Fsp3) is 0. The van der Waals surface area contributed by atoms with Gasteiger partial charge in [-0.3, -0.25) is 0 Å². The maximum Gasteiger partial charge on any atom is 0 e. The summed E-state index contributed by atoms with van der Waals surface area (Å²) >= 11 is 0. The Kier molecular flexibility index (Phi) is 142. The Morgan fingerprint density at radius 3 is 1.00 bits per heavy atom. The molecule has 0 aromatic rings. The van der Waals surface area contributed by atoms with E-state index in [0.717, 1.165) is 0 Å². The molecule has 0 unspecified atom stereocenters. The zero-order valence-electron chi connectivity index (χ0n) is 1.79. The van der Waals surface area contributed by atoms with Gasteiger partial charge in [0.2, 0.25) is 0 Å². The minimum absolute atomic E-state index is 0. The van der Waals surface area contributed by atoms with E-state index in [1.54, 1.807) is 0 Å². The van der Waals surface area contributed by atoms with Gasteiger partial charge in [-0.2, -0.15) is 0 Å². The third kappa shape index (κ3) is 8.82. The van der Waals surface area contributed by atoms with Crippen molar-refractivity contribution in [2.24, 2.45) is 0 Å². The molecule has 0 saturated heterocycles. The van der Waals surface area contributed by atoms with Gasteiger partial charge in [0.1, 0.15) is 0 Å². The standard InChI is InChI=1S/Fe.Mg.Mo.Ni. The molecule has 4 heteroatoms. The van der Waals surface area contributed by atoms with Gasteiger partial charge in [-0.05, 0) is 0 Å². The average molecular weight is 235 g/mol. The molecule has 26 valence electrons. The zero-order valence-corrected chi connectivity index (χ0v) is 7.30. The van der Waals surface area contributed by atoms with Gasteiger partial charge in [0, 0.05) is 77.7 Å². The van der Waals surface area contributed by atoms with Crippen molar-refractivity contribution >= 4 is 23.1 Å². The molecule has 0 nitrogen and oxygen atoms in total. The largest absolute Gasteiger partial charge is 0 e. The number of hydrogen-bond donors (Lipinski definition) is 0. The Morgan fingerprint density at radius 2 is 1.00 bits per heavy atom. The van der Waals surface area contributed by atoms with E-state index in [9.17, 15) is 0 Å². The van der Waals surface area contributed by atoms with Crippen LogP contribution in [0, 0.1) is 0 Å². The number of hydrogen-bond acceptors (Lipinski definition) is 0. The first-order valence-corrected chi connectivity index (χ1v) is 0. The molecule has 0 aliphatic carbocycles. The minimum Gasteiger partial charge on any atom is 0 e. The molecular formula is FeMgMoNi. The van der Waals surface area contributed by atoms with Crippen molar-refractivity contribution in [2.75, 3.05) is 0 Å². The Balaban J connectivity index is 0. The molecule has 4 heavy (non-hydrogen) atoms. The minimum atomic E-state index is 0. The van der Waals surface area contributed by atoms with Crippen molar-refractivity contribution in [1.29, 1.82) is 0 Å². The van der Waals surface area contributed by atoms with Crippen LogP contribution in [0.3, 0.4) is 0 Å². The van der Waals surface area contributed by atoms with E-state index in [4.69, 9.17) is 0 Å². The molecule has 0 aliphatic rings. The molecule has 0 heterocycles. The fourth-order valence-electron chi connectivity index (χ4n) is 0. The summed E-state index contributed by atoms with van der Waals surface area (Å²) in [6.45, 7) is 0. The maximum absolute atomic E-state index is 0. The molecule has 0 spiro atoms. The molecule has 0 amide bonds. The summed E-state index contributed by atoms with van der Waals surface area (Å²) in [6.07, 6.45) is 0. The first-order chi connectivity index (χ1) is 0. The number of rotatable bonds is 0. The van der Waals surface area contributed by atoms with Crippen LogP contribution < -0.4 is 0 Å². The molecule has 0 aromatic heterocycles. The molecule has 0 rings (SSSR count). The van der Waals surface area contributed by atoms with Crippen LogP contribution in [0.1, 0.15) is 0 Å². The monoisotopic (exact) mass is 236 g/mol. The van der Waals surface area contributed by atoms with Gasteiger partial charge in [0.15, 0.2) is 0 Å². The predicted molar refractivity (Wildman–Crippen MR) is 5.75 cm³/mol. The van der Waals surface area contributed by atoms with Gasteiger partial charge in [0.25, 0.3) is 0 Å². The maximum atomic E-state index is 0. The van der Waals surface area contributed by atoms with Gasteiger partial charge in [0.05, 0.1) is 0 Å². The Labute approximate surface area is 76.7 Å². The van der Waals surface area contributed by atoms with Crippen molar-refractivity contribution in [3.63, 3.8) is 0 Å². The summed E-state index contributed by atoms with van der Waals surface area (Å²) in [5.41, 5.74) is 0. The molecule has 0 N–H and O–H groups in total. The quantitative estimate of drug-likeness (QED) is 0.501. The first kappa shape index (κ1) is 31.8. The topological polar surface area (TPSA) is 0 Å². The Morgan fingerprint density at radius 1 is 1.00 bits per heavy atom. The van der Waals surface area contributed by atoms with E-state index in [2.05, 4.69) is 0 Å². The third-order valence-electron chi connectivity index (χ3n) is 0. The molecule has 0 fully saturated rings. The first-order valence-electron chi connectivity index (χ1n) is 0. The van der Waals surface area contributed by atoms with Crippen molar-refractivity contribution in [3.05, 3.63) is 0 Å².